The summed E-state index contributed by atoms with van der Waals surface area (Å²) >= 11 is 0. The molecular formula is C18H26N2O5. The zero-order chi connectivity index (χ0) is 19.0. The third kappa shape index (κ3) is 7.69. The molecule has 2 amide bonds. The van der Waals surface area contributed by atoms with Gasteiger partial charge in [-0.15, -0.1) is 0 Å². The van der Waals surface area contributed by atoms with Crippen molar-refractivity contribution in [2.24, 2.45) is 0 Å². The number of carbonyl (C=O) groups excluding carboxylic acids is 3. The Morgan fingerprint density at radius 2 is 1.72 bits per heavy atom. The summed E-state index contributed by atoms with van der Waals surface area (Å²) in [5.41, 5.74) is 0.673. The van der Waals surface area contributed by atoms with Crippen LogP contribution >= 0.6 is 0 Å². The lowest BCUT2D eigenvalue weighted by Gasteiger charge is -2.21. The highest BCUT2D eigenvalue weighted by atomic mass is 16.6. The molecular weight excluding hydrogens is 324 g/mol. The number of carbonyl (C=O) groups is 3. The van der Waals surface area contributed by atoms with E-state index in [0.29, 0.717) is 11.3 Å². The van der Waals surface area contributed by atoms with Crippen molar-refractivity contribution in [2.45, 2.75) is 46.1 Å². The monoisotopic (exact) mass is 350 g/mol. The number of hydrogen-bond donors (Lipinski definition) is 2. The average Bonchev–Trinajstić information content (AvgIpc) is 2.47. The highest BCUT2D eigenvalue weighted by Gasteiger charge is 2.24. The van der Waals surface area contributed by atoms with Crippen molar-refractivity contribution >= 4 is 23.7 Å². The van der Waals surface area contributed by atoms with E-state index in [1.807, 2.05) is 0 Å². The van der Waals surface area contributed by atoms with Gasteiger partial charge in [-0.2, -0.15) is 0 Å². The van der Waals surface area contributed by atoms with Gasteiger partial charge in [0.05, 0.1) is 12.5 Å². The first-order chi connectivity index (χ1) is 11.6. The summed E-state index contributed by atoms with van der Waals surface area (Å²) in [5.74, 6) is -1.29. The second-order valence-electron chi connectivity index (χ2n) is 6.49. The Morgan fingerprint density at radius 3 is 2.20 bits per heavy atom. The van der Waals surface area contributed by atoms with E-state index in [4.69, 9.17) is 9.47 Å². The van der Waals surface area contributed by atoms with Crippen LogP contribution in [0.2, 0.25) is 0 Å². The van der Waals surface area contributed by atoms with E-state index >= 15 is 0 Å². The Balaban J connectivity index is 2.84. The molecule has 0 saturated heterocycles. The molecule has 0 aliphatic heterocycles. The van der Waals surface area contributed by atoms with Crippen LogP contribution in [0.25, 0.3) is 0 Å². The van der Waals surface area contributed by atoms with Gasteiger partial charge >= 0.3 is 12.1 Å². The minimum absolute atomic E-state index is 0.0488. The zero-order valence-corrected chi connectivity index (χ0v) is 15.3. The lowest BCUT2D eigenvalue weighted by Crippen LogP contribution is -2.36. The lowest BCUT2D eigenvalue weighted by molar-refractivity contribution is -0.144. The van der Waals surface area contributed by atoms with Gasteiger partial charge in [-0.3, -0.25) is 9.59 Å². The van der Waals surface area contributed by atoms with Crippen LogP contribution < -0.4 is 10.6 Å². The fraction of sp³-hybridized carbons (Fsp3) is 0.500. The number of amides is 2. The first-order valence-electron chi connectivity index (χ1n) is 8.13. The molecule has 1 rings (SSSR count). The molecule has 138 valence electrons. The third-order valence-electron chi connectivity index (χ3n) is 3.05. The van der Waals surface area contributed by atoms with Gasteiger partial charge in [0.15, 0.2) is 0 Å². The minimum atomic E-state index is -0.668. The van der Waals surface area contributed by atoms with Gasteiger partial charge < -0.3 is 20.1 Å². The molecule has 0 aliphatic carbocycles. The van der Waals surface area contributed by atoms with E-state index < -0.39 is 23.6 Å². The number of hydrogen-bond acceptors (Lipinski definition) is 5. The standard InChI is InChI=1S/C18H26N2O5/c1-6-24-16(22)15(11-19-17(23)25-18(3,4)5)13-7-9-14(10-8-13)20-12(2)21/h7-10,15H,6,11H2,1-5H3,(H,19,23)(H,20,21). The predicted molar refractivity (Wildman–Crippen MR) is 94.4 cm³/mol. The first-order valence-corrected chi connectivity index (χ1v) is 8.13. The molecule has 0 aromatic heterocycles. The second kappa shape index (κ2) is 9.05. The topological polar surface area (TPSA) is 93.7 Å². The Kier molecular flexibility index (Phi) is 7.42. The Bertz CT molecular complexity index is 605. The van der Waals surface area contributed by atoms with Crippen molar-refractivity contribution in [3.8, 4) is 0 Å². The quantitative estimate of drug-likeness (QED) is 0.770. The molecule has 25 heavy (non-hydrogen) atoms. The number of anilines is 1. The van der Waals surface area contributed by atoms with Gasteiger partial charge in [0.2, 0.25) is 5.91 Å². The summed E-state index contributed by atoms with van der Waals surface area (Å²) in [7, 11) is 0. The fourth-order valence-electron chi connectivity index (χ4n) is 2.08. The maximum atomic E-state index is 12.2. The van der Waals surface area contributed by atoms with Gasteiger partial charge in [-0.25, -0.2) is 4.79 Å². The molecule has 1 aromatic carbocycles. The Morgan fingerprint density at radius 1 is 1.12 bits per heavy atom. The van der Waals surface area contributed by atoms with Gasteiger partial charge in [0, 0.05) is 19.2 Å². The van der Waals surface area contributed by atoms with E-state index in [0.717, 1.165) is 0 Å². The number of rotatable bonds is 6. The minimum Gasteiger partial charge on any atom is -0.465 e. The third-order valence-corrected chi connectivity index (χ3v) is 3.05. The van der Waals surface area contributed by atoms with Crippen molar-refractivity contribution in [1.29, 1.82) is 0 Å². The van der Waals surface area contributed by atoms with Crippen LogP contribution in [0.15, 0.2) is 24.3 Å². The molecule has 7 heteroatoms. The van der Waals surface area contributed by atoms with Gasteiger partial charge in [-0.05, 0) is 45.4 Å². The van der Waals surface area contributed by atoms with Crippen molar-refractivity contribution < 1.29 is 23.9 Å². The molecule has 1 atom stereocenters. The summed E-state index contributed by atoms with van der Waals surface area (Å²) in [6.07, 6.45) is -0.600. The number of ether oxygens (including phenoxy) is 2. The van der Waals surface area contributed by atoms with E-state index in [-0.39, 0.29) is 19.1 Å². The lowest BCUT2D eigenvalue weighted by atomic mass is 9.99. The van der Waals surface area contributed by atoms with Gasteiger partial charge in [0.1, 0.15) is 5.60 Å². The Labute approximate surface area is 148 Å². The van der Waals surface area contributed by atoms with Crippen molar-refractivity contribution in [1.82, 2.24) is 5.32 Å². The summed E-state index contributed by atoms with van der Waals surface area (Å²) < 4.78 is 10.3. The van der Waals surface area contributed by atoms with Crippen LogP contribution in [0.4, 0.5) is 10.5 Å². The molecule has 0 heterocycles. The zero-order valence-electron chi connectivity index (χ0n) is 15.3. The van der Waals surface area contributed by atoms with Gasteiger partial charge in [-0.1, -0.05) is 12.1 Å². The first kappa shape index (κ1) is 20.5. The van der Waals surface area contributed by atoms with Crippen LogP contribution in [0.1, 0.15) is 46.1 Å². The summed E-state index contributed by atoms with van der Waals surface area (Å²) in [5, 5.41) is 5.25. The SMILES string of the molecule is CCOC(=O)C(CNC(=O)OC(C)(C)C)c1ccc(NC(C)=O)cc1. The highest BCUT2D eigenvalue weighted by molar-refractivity contribution is 5.88. The largest absolute Gasteiger partial charge is 0.465 e. The molecule has 0 fully saturated rings. The number of alkyl carbamates (subject to hydrolysis) is 1. The summed E-state index contributed by atoms with van der Waals surface area (Å²) in [6, 6.07) is 6.81. The fourth-order valence-corrected chi connectivity index (χ4v) is 2.08. The molecule has 2 N–H and O–H groups in total. The molecule has 0 radical (unpaired) electrons. The van der Waals surface area contributed by atoms with Crippen LogP contribution in [0.3, 0.4) is 0 Å². The van der Waals surface area contributed by atoms with E-state index in [1.54, 1.807) is 52.0 Å². The number of esters is 1. The molecule has 0 bridgehead atoms. The van der Waals surface area contributed by atoms with E-state index in [1.165, 1.54) is 6.92 Å². The van der Waals surface area contributed by atoms with Crippen LogP contribution in [0, 0.1) is 0 Å². The van der Waals surface area contributed by atoms with Crippen LogP contribution in [-0.2, 0) is 19.1 Å². The normalized spacial score (nSPS) is 12.0. The molecule has 0 saturated carbocycles. The predicted octanol–water partition coefficient (Wildman–Crippen LogP) is 2.82. The number of nitrogens with one attached hydrogen (secondary N) is 2. The van der Waals surface area contributed by atoms with E-state index in [2.05, 4.69) is 10.6 Å². The summed E-state index contributed by atoms with van der Waals surface area (Å²) in [6.45, 7) is 8.71. The molecule has 1 unspecified atom stereocenters. The maximum Gasteiger partial charge on any atom is 0.407 e. The van der Waals surface area contributed by atoms with Gasteiger partial charge in [0.25, 0.3) is 0 Å². The smallest absolute Gasteiger partial charge is 0.407 e. The van der Waals surface area contributed by atoms with Crippen molar-refractivity contribution in [3.63, 3.8) is 0 Å². The average molecular weight is 350 g/mol. The molecule has 1 aromatic rings. The maximum absolute atomic E-state index is 12.2. The highest BCUT2D eigenvalue weighted by Crippen LogP contribution is 2.20. The van der Waals surface area contributed by atoms with Crippen LogP contribution in [0.5, 0.6) is 0 Å². The molecule has 0 spiro atoms. The van der Waals surface area contributed by atoms with E-state index in [9.17, 15) is 14.4 Å². The molecule has 0 aliphatic rings. The summed E-state index contributed by atoms with van der Waals surface area (Å²) in [4.78, 5) is 35.1. The number of benzene rings is 1. The van der Waals surface area contributed by atoms with Crippen molar-refractivity contribution in [2.75, 3.05) is 18.5 Å². The Hall–Kier alpha value is -2.57. The molecule has 7 nitrogen and oxygen atoms in total. The van der Waals surface area contributed by atoms with Crippen molar-refractivity contribution in [3.05, 3.63) is 29.8 Å². The second-order valence-corrected chi connectivity index (χ2v) is 6.49. The van der Waals surface area contributed by atoms with Crippen LogP contribution in [-0.4, -0.2) is 36.7 Å².